The van der Waals surface area contributed by atoms with Gasteiger partial charge in [-0.1, -0.05) is 11.6 Å². The van der Waals surface area contributed by atoms with Gasteiger partial charge in [0.25, 0.3) is 0 Å². The molecule has 0 radical (unpaired) electrons. The van der Waals surface area contributed by atoms with E-state index in [1.165, 1.54) is 0 Å². The van der Waals surface area contributed by atoms with E-state index >= 15 is 0 Å². The third-order valence-electron chi connectivity index (χ3n) is 3.52. The van der Waals surface area contributed by atoms with Crippen LogP contribution in [0.25, 0.3) is 0 Å². The van der Waals surface area contributed by atoms with Crippen LogP contribution in [0.3, 0.4) is 0 Å². The van der Waals surface area contributed by atoms with Gasteiger partial charge in [-0.3, -0.25) is 4.79 Å². The van der Waals surface area contributed by atoms with Gasteiger partial charge in [0.2, 0.25) is 11.8 Å². The summed E-state index contributed by atoms with van der Waals surface area (Å²) in [6.45, 7) is 2.90. The molecule has 100 valence electrons. The van der Waals surface area contributed by atoms with Gasteiger partial charge in [0.15, 0.2) is 5.82 Å². The fourth-order valence-electron chi connectivity index (χ4n) is 2.54. The van der Waals surface area contributed by atoms with Crippen molar-refractivity contribution in [2.75, 3.05) is 13.1 Å². The van der Waals surface area contributed by atoms with Crippen molar-refractivity contribution in [3.63, 3.8) is 0 Å². The van der Waals surface area contributed by atoms with Gasteiger partial charge >= 0.3 is 0 Å². The summed E-state index contributed by atoms with van der Waals surface area (Å²) in [5.74, 6) is 1.73. The number of aromatic nitrogens is 2. The highest BCUT2D eigenvalue weighted by Gasteiger charge is 2.31. The molecule has 0 aliphatic heterocycles. The van der Waals surface area contributed by atoms with E-state index < -0.39 is 0 Å². The topological polar surface area (TPSA) is 94.0 Å². The van der Waals surface area contributed by atoms with Gasteiger partial charge in [0.1, 0.15) is 0 Å². The number of rotatable bonds is 5. The van der Waals surface area contributed by atoms with Crippen LogP contribution in [-0.2, 0) is 11.2 Å². The molecule has 3 N–H and O–H groups in total. The van der Waals surface area contributed by atoms with Gasteiger partial charge in [0, 0.05) is 25.8 Å². The maximum Gasteiger partial charge on any atom is 0.223 e. The second-order valence-corrected chi connectivity index (χ2v) is 4.80. The Kier molecular flexibility index (Phi) is 4.30. The Morgan fingerprint density at radius 3 is 3.06 bits per heavy atom. The zero-order valence-electron chi connectivity index (χ0n) is 10.7. The monoisotopic (exact) mass is 252 g/mol. The van der Waals surface area contributed by atoms with Gasteiger partial charge in [-0.15, -0.1) is 0 Å². The minimum Gasteiger partial charge on any atom is -0.355 e. The van der Waals surface area contributed by atoms with Crippen molar-refractivity contribution in [1.29, 1.82) is 0 Å². The number of hydrogen-bond donors (Lipinski definition) is 2. The van der Waals surface area contributed by atoms with Gasteiger partial charge < -0.3 is 15.6 Å². The second kappa shape index (κ2) is 5.95. The molecule has 1 aliphatic carbocycles. The summed E-state index contributed by atoms with van der Waals surface area (Å²) >= 11 is 0. The van der Waals surface area contributed by atoms with E-state index in [0.717, 1.165) is 19.3 Å². The summed E-state index contributed by atoms with van der Waals surface area (Å²) < 4.78 is 4.87. The Morgan fingerprint density at radius 1 is 1.56 bits per heavy atom. The SMILES string of the molecule is Cc1nc(CCNC(=O)C2CCCC2CN)no1. The lowest BCUT2D eigenvalue weighted by Gasteiger charge is -2.16. The molecule has 0 saturated heterocycles. The van der Waals surface area contributed by atoms with Crippen molar-refractivity contribution in [3.8, 4) is 0 Å². The third-order valence-corrected chi connectivity index (χ3v) is 3.52. The first-order chi connectivity index (χ1) is 8.70. The number of carbonyl (C=O) groups is 1. The van der Waals surface area contributed by atoms with Gasteiger partial charge in [0.05, 0.1) is 0 Å². The minimum absolute atomic E-state index is 0.0852. The first kappa shape index (κ1) is 13.0. The zero-order chi connectivity index (χ0) is 13.0. The molecule has 1 fully saturated rings. The van der Waals surface area contributed by atoms with Crippen LogP contribution in [0.5, 0.6) is 0 Å². The molecule has 6 heteroatoms. The molecule has 6 nitrogen and oxygen atoms in total. The molecule has 0 aromatic carbocycles. The van der Waals surface area contributed by atoms with E-state index in [0.29, 0.717) is 37.1 Å². The fraction of sp³-hybridized carbons (Fsp3) is 0.750. The Balaban J connectivity index is 1.74. The number of hydrogen-bond acceptors (Lipinski definition) is 5. The van der Waals surface area contributed by atoms with Gasteiger partial charge in [-0.25, -0.2) is 0 Å². The highest BCUT2D eigenvalue weighted by molar-refractivity contribution is 5.79. The standard InChI is InChI=1S/C12H20N4O2/c1-8-15-11(16-18-8)5-6-14-12(17)10-4-2-3-9(10)7-13/h9-10H,2-7,13H2,1H3,(H,14,17). The summed E-state index contributed by atoms with van der Waals surface area (Å²) in [7, 11) is 0. The summed E-state index contributed by atoms with van der Waals surface area (Å²) in [5.41, 5.74) is 5.67. The zero-order valence-corrected chi connectivity index (χ0v) is 10.7. The maximum atomic E-state index is 12.0. The van der Waals surface area contributed by atoms with Crippen LogP contribution in [0.4, 0.5) is 0 Å². The van der Waals surface area contributed by atoms with E-state index in [1.807, 2.05) is 0 Å². The highest BCUT2D eigenvalue weighted by Crippen LogP contribution is 2.30. The Morgan fingerprint density at radius 2 is 2.39 bits per heavy atom. The highest BCUT2D eigenvalue weighted by atomic mass is 16.5. The van der Waals surface area contributed by atoms with Gasteiger partial charge in [-0.2, -0.15) is 4.98 Å². The normalized spacial score (nSPS) is 23.2. The maximum absolute atomic E-state index is 12.0. The molecule has 1 aliphatic rings. The summed E-state index contributed by atoms with van der Waals surface area (Å²) in [6, 6.07) is 0. The summed E-state index contributed by atoms with van der Waals surface area (Å²) in [4.78, 5) is 16.1. The Hall–Kier alpha value is -1.43. The van der Waals surface area contributed by atoms with E-state index in [4.69, 9.17) is 10.3 Å². The molecule has 1 amide bonds. The van der Waals surface area contributed by atoms with Crippen molar-refractivity contribution in [2.45, 2.75) is 32.6 Å². The lowest BCUT2D eigenvalue weighted by Crippen LogP contribution is -2.36. The molecule has 0 bridgehead atoms. The number of nitrogens with one attached hydrogen (secondary N) is 1. The average molecular weight is 252 g/mol. The van der Waals surface area contributed by atoms with E-state index in [9.17, 15) is 4.79 Å². The third kappa shape index (κ3) is 3.07. The van der Waals surface area contributed by atoms with E-state index in [-0.39, 0.29) is 11.8 Å². The predicted molar refractivity (Wildman–Crippen MR) is 65.6 cm³/mol. The predicted octanol–water partition coefficient (Wildman–Crippen LogP) is 0.412. The van der Waals surface area contributed by atoms with E-state index in [1.54, 1.807) is 6.92 Å². The van der Waals surface area contributed by atoms with Crippen molar-refractivity contribution >= 4 is 5.91 Å². The quantitative estimate of drug-likeness (QED) is 0.791. The van der Waals surface area contributed by atoms with Gasteiger partial charge in [-0.05, 0) is 25.3 Å². The van der Waals surface area contributed by atoms with E-state index in [2.05, 4.69) is 15.5 Å². The molecule has 2 atom stereocenters. The first-order valence-corrected chi connectivity index (χ1v) is 6.47. The molecule has 2 rings (SSSR count). The molecule has 1 saturated carbocycles. The molecule has 2 unspecified atom stereocenters. The van der Waals surface area contributed by atoms with Crippen molar-refractivity contribution in [1.82, 2.24) is 15.5 Å². The fourth-order valence-corrected chi connectivity index (χ4v) is 2.54. The van der Waals surface area contributed by atoms with Crippen LogP contribution >= 0.6 is 0 Å². The van der Waals surface area contributed by atoms with Crippen LogP contribution in [-0.4, -0.2) is 29.1 Å². The molecule has 18 heavy (non-hydrogen) atoms. The Bertz CT molecular complexity index is 405. The summed E-state index contributed by atoms with van der Waals surface area (Å²) in [6.07, 6.45) is 3.72. The van der Waals surface area contributed by atoms with Crippen LogP contribution < -0.4 is 11.1 Å². The molecule has 1 heterocycles. The number of amides is 1. The first-order valence-electron chi connectivity index (χ1n) is 6.47. The van der Waals surface area contributed by atoms with Crippen molar-refractivity contribution in [3.05, 3.63) is 11.7 Å². The van der Waals surface area contributed by atoms with Crippen LogP contribution in [0, 0.1) is 18.8 Å². The number of aryl methyl sites for hydroxylation is 1. The Labute approximate surface area is 106 Å². The second-order valence-electron chi connectivity index (χ2n) is 4.80. The van der Waals surface area contributed by atoms with Crippen molar-refractivity contribution in [2.24, 2.45) is 17.6 Å². The minimum atomic E-state index is 0.0852. The van der Waals surface area contributed by atoms with Crippen LogP contribution in [0.15, 0.2) is 4.52 Å². The summed E-state index contributed by atoms with van der Waals surface area (Å²) in [5, 5.41) is 6.71. The molecule has 1 aromatic heterocycles. The molecule has 1 aromatic rings. The smallest absolute Gasteiger partial charge is 0.223 e. The average Bonchev–Trinajstić information content (AvgIpc) is 2.97. The lowest BCUT2D eigenvalue weighted by molar-refractivity contribution is -0.125. The lowest BCUT2D eigenvalue weighted by atomic mass is 9.95. The molecule has 0 spiro atoms. The van der Waals surface area contributed by atoms with Crippen molar-refractivity contribution < 1.29 is 9.32 Å². The van der Waals surface area contributed by atoms with Crippen LogP contribution in [0.2, 0.25) is 0 Å². The number of nitrogens with two attached hydrogens (primary N) is 1. The largest absolute Gasteiger partial charge is 0.355 e. The molecular formula is C12H20N4O2. The van der Waals surface area contributed by atoms with Crippen LogP contribution in [0.1, 0.15) is 31.0 Å². The molecular weight excluding hydrogens is 232 g/mol. The number of carbonyl (C=O) groups excluding carboxylic acids is 1. The number of nitrogens with zero attached hydrogens (tertiary/aromatic N) is 2.